The van der Waals surface area contributed by atoms with Crippen molar-refractivity contribution in [3.63, 3.8) is 0 Å². The van der Waals surface area contributed by atoms with Crippen LogP contribution in [0.1, 0.15) is 12.1 Å². The number of hydrogen-bond acceptors (Lipinski definition) is 3. The molecule has 0 aliphatic carbocycles. The summed E-state index contributed by atoms with van der Waals surface area (Å²) in [4.78, 5) is 11.3. The molecule has 1 aromatic rings. The highest BCUT2D eigenvalue weighted by Crippen LogP contribution is 2.14. The summed E-state index contributed by atoms with van der Waals surface area (Å²) in [5.74, 6) is 0.620. The topological polar surface area (TPSA) is 72.9 Å². The first-order valence-corrected chi connectivity index (χ1v) is 4.28. The third-order valence-corrected chi connectivity index (χ3v) is 2.14. The van der Waals surface area contributed by atoms with Crippen LogP contribution in [-0.2, 0) is 11.3 Å². The molecule has 1 aliphatic heterocycles. The van der Waals surface area contributed by atoms with Gasteiger partial charge in [0.25, 0.3) is 0 Å². The van der Waals surface area contributed by atoms with E-state index in [-0.39, 0.29) is 5.91 Å². The van der Waals surface area contributed by atoms with Gasteiger partial charge in [-0.1, -0.05) is 0 Å². The van der Waals surface area contributed by atoms with E-state index < -0.39 is 6.04 Å². The number of nitrogens with zero attached hydrogens (tertiary/aromatic N) is 2. The van der Waals surface area contributed by atoms with E-state index in [1.54, 1.807) is 4.68 Å². The van der Waals surface area contributed by atoms with Crippen LogP contribution in [0.25, 0.3) is 0 Å². The number of amides is 1. The van der Waals surface area contributed by atoms with Crippen molar-refractivity contribution in [2.45, 2.75) is 25.9 Å². The summed E-state index contributed by atoms with van der Waals surface area (Å²) in [5.41, 5.74) is 6.51. The van der Waals surface area contributed by atoms with E-state index in [4.69, 9.17) is 5.73 Å². The predicted molar refractivity (Wildman–Crippen MR) is 48.2 cm³/mol. The molecule has 2 rings (SSSR count). The molecular weight excluding hydrogens is 168 g/mol. The fourth-order valence-electron chi connectivity index (χ4n) is 1.43. The number of nitrogens with one attached hydrogen (secondary N) is 1. The third-order valence-electron chi connectivity index (χ3n) is 2.14. The van der Waals surface area contributed by atoms with Gasteiger partial charge in [-0.2, -0.15) is 5.10 Å². The van der Waals surface area contributed by atoms with Gasteiger partial charge in [0.1, 0.15) is 5.82 Å². The fraction of sp³-hybridized carbons (Fsp3) is 0.500. The van der Waals surface area contributed by atoms with Gasteiger partial charge in [-0.25, -0.2) is 4.68 Å². The number of rotatable bonds is 0. The Labute approximate surface area is 75.9 Å². The average molecular weight is 180 g/mol. The second kappa shape index (κ2) is 2.85. The van der Waals surface area contributed by atoms with Gasteiger partial charge in [-0.3, -0.25) is 4.79 Å². The molecule has 0 saturated carbocycles. The van der Waals surface area contributed by atoms with Crippen LogP contribution in [-0.4, -0.2) is 21.7 Å². The summed E-state index contributed by atoms with van der Waals surface area (Å²) in [5, 5.41) is 6.96. The van der Waals surface area contributed by atoms with E-state index in [0.29, 0.717) is 13.0 Å². The maximum atomic E-state index is 11.3. The Kier molecular flexibility index (Phi) is 1.81. The second-order valence-corrected chi connectivity index (χ2v) is 3.28. The summed E-state index contributed by atoms with van der Waals surface area (Å²) in [6.07, 6.45) is 0.639. The largest absolute Gasteiger partial charge is 0.320 e. The van der Waals surface area contributed by atoms with Gasteiger partial charge in [0.15, 0.2) is 0 Å². The van der Waals surface area contributed by atoms with E-state index in [1.165, 1.54) is 0 Å². The molecule has 70 valence electrons. The van der Waals surface area contributed by atoms with Gasteiger partial charge in [0.05, 0.1) is 11.7 Å². The van der Waals surface area contributed by atoms with Crippen molar-refractivity contribution in [3.8, 4) is 0 Å². The fourth-order valence-corrected chi connectivity index (χ4v) is 1.43. The number of nitrogens with two attached hydrogens (primary N) is 1. The number of aryl methyl sites for hydroxylation is 2. The van der Waals surface area contributed by atoms with Crippen LogP contribution in [0.15, 0.2) is 6.07 Å². The SMILES string of the molecule is Cc1cc2n(n1)CCC(N)C(=O)N2. The maximum absolute atomic E-state index is 11.3. The number of anilines is 1. The summed E-state index contributed by atoms with van der Waals surface area (Å²) < 4.78 is 1.78. The molecule has 1 aliphatic rings. The van der Waals surface area contributed by atoms with Crippen LogP contribution >= 0.6 is 0 Å². The van der Waals surface area contributed by atoms with Gasteiger partial charge >= 0.3 is 0 Å². The zero-order valence-electron chi connectivity index (χ0n) is 7.45. The van der Waals surface area contributed by atoms with E-state index >= 15 is 0 Å². The normalized spacial score (nSPS) is 22.0. The number of hydrogen-bond donors (Lipinski definition) is 2. The van der Waals surface area contributed by atoms with Crippen LogP contribution in [0.4, 0.5) is 5.82 Å². The van der Waals surface area contributed by atoms with Gasteiger partial charge in [-0.15, -0.1) is 0 Å². The quantitative estimate of drug-likeness (QED) is 0.583. The molecule has 1 unspecified atom stereocenters. The lowest BCUT2D eigenvalue weighted by molar-refractivity contribution is -0.117. The number of carbonyl (C=O) groups excluding carboxylic acids is 1. The number of aromatic nitrogens is 2. The zero-order chi connectivity index (χ0) is 9.42. The minimum atomic E-state index is -0.415. The zero-order valence-corrected chi connectivity index (χ0v) is 7.45. The van der Waals surface area contributed by atoms with Gasteiger partial charge in [0.2, 0.25) is 5.91 Å². The molecule has 1 aromatic heterocycles. The molecule has 0 fully saturated rings. The molecule has 1 atom stereocenters. The Morgan fingerprint density at radius 1 is 1.77 bits per heavy atom. The highest BCUT2D eigenvalue weighted by atomic mass is 16.2. The molecule has 2 heterocycles. The van der Waals surface area contributed by atoms with Crippen molar-refractivity contribution in [1.29, 1.82) is 0 Å². The highest BCUT2D eigenvalue weighted by Gasteiger charge is 2.20. The average Bonchev–Trinajstić information content (AvgIpc) is 2.36. The van der Waals surface area contributed by atoms with Gasteiger partial charge < -0.3 is 11.1 Å². The molecule has 0 spiro atoms. The minimum absolute atomic E-state index is 0.126. The molecule has 13 heavy (non-hydrogen) atoms. The second-order valence-electron chi connectivity index (χ2n) is 3.28. The van der Waals surface area contributed by atoms with Crippen LogP contribution in [0.5, 0.6) is 0 Å². The minimum Gasteiger partial charge on any atom is -0.320 e. The number of fused-ring (bicyclic) bond motifs is 1. The summed E-state index contributed by atoms with van der Waals surface area (Å²) in [6, 6.07) is 1.43. The van der Waals surface area contributed by atoms with Gasteiger partial charge in [-0.05, 0) is 13.3 Å². The first kappa shape index (κ1) is 8.25. The van der Waals surface area contributed by atoms with Crippen molar-refractivity contribution < 1.29 is 4.79 Å². The lowest BCUT2D eigenvalue weighted by Gasteiger charge is -2.03. The standard InChI is InChI=1S/C8H12N4O/c1-5-4-7-10-8(13)6(9)2-3-12(7)11-5/h4,6H,2-3,9H2,1H3,(H,10,13). The van der Waals surface area contributed by atoms with Crippen molar-refractivity contribution in [3.05, 3.63) is 11.8 Å². The molecular formula is C8H12N4O. The third kappa shape index (κ3) is 1.42. The molecule has 0 bridgehead atoms. The summed E-state index contributed by atoms with van der Waals surface area (Å²) >= 11 is 0. The smallest absolute Gasteiger partial charge is 0.242 e. The molecule has 0 aromatic carbocycles. The van der Waals surface area contributed by atoms with Crippen LogP contribution in [0, 0.1) is 6.92 Å². The monoisotopic (exact) mass is 180 g/mol. The van der Waals surface area contributed by atoms with E-state index in [9.17, 15) is 4.79 Å². The van der Waals surface area contributed by atoms with Crippen molar-refractivity contribution in [2.24, 2.45) is 5.73 Å². The van der Waals surface area contributed by atoms with E-state index in [0.717, 1.165) is 11.5 Å². The molecule has 0 radical (unpaired) electrons. The molecule has 3 N–H and O–H groups in total. The van der Waals surface area contributed by atoms with Crippen molar-refractivity contribution in [2.75, 3.05) is 5.32 Å². The Morgan fingerprint density at radius 2 is 2.54 bits per heavy atom. The van der Waals surface area contributed by atoms with Gasteiger partial charge in [0, 0.05) is 12.6 Å². The van der Waals surface area contributed by atoms with Crippen molar-refractivity contribution in [1.82, 2.24) is 9.78 Å². The highest BCUT2D eigenvalue weighted by molar-refractivity contribution is 5.94. The Hall–Kier alpha value is -1.36. The first-order chi connectivity index (χ1) is 6.16. The van der Waals surface area contributed by atoms with Crippen LogP contribution in [0.2, 0.25) is 0 Å². The summed E-state index contributed by atoms with van der Waals surface area (Å²) in [7, 11) is 0. The Balaban J connectivity index is 2.33. The predicted octanol–water partition coefficient (Wildman–Crippen LogP) is -0.139. The van der Waals surface area contributed by atoms with Crippen LogP contribution < -0.4 is 11.1 Å². The van der Waals surface area contributed by atoms with E-state index in [1.807, 2.05) is 13.0 Å². The molecule has 5 heteroatoms. The maximum Gasteiger partial charge on any atom is 0.242 e. The molecule has 5 nitrogen and oxygen atoms in total. The lowest BCUT2D eigenvalue weighted by Crippen LogP contribution is -2.34. The first-order valence-electron chi connectivity index (χ1n) is 4.28. The Morgan fingerprint density at radius 3 is 3.31 bits per heavy atom. The molecule has 0 saturated heterocycles. The Bertz CT molecular complexity index is 344. The lowest BCUT2D eigenvalue weighted by atomic mass is 10.2. The molecule has 1 amide bonds. The van der Waals surface area contributed by atoms with Crippen molar-refractivity contribution >= 4 is 11.7 Å². The number of carbonyl (C=O) groups is 1. The van der Waals surface area contributed by atoms with E-state index in [2.05, 4.69) is 10.4 Å². The summed E-state index contributed by atoms with van der Waals surface area (Å²) in [6.45, 7) is 2.59. The van der Waals surface area contributed by atoms with Crippen LogP contribution in [0.3, 0.4) is 0 Å².